The van der Waals surface area contributed by atoms with E-state index in [-0.39, 0.29) is 18.3 Å². The van der Waals surface area contributed by atoms with E-state index < -0.39 is 11.6 Å². The van der Waals surface area contributed by atoms with Crippen LogP contribution < -0.4 is 10.7 Å². The first kappa shape index (κ1) is 18.4. The van der Waals surface area contributed by atoms with Gasteiger partial charge in [0.05, 0.1) is 11.4 Å². The predicted molar refractivity (Wildman–Crippen MR) is 110 cm³/mol. The lowest BCUT2D eigenvalue weighted by molar-refractivity contribution is -0.118. The van der Waals surface area contributed by atoms with Crippen LogP contribution in [0, 0.1) is 5.82 Å². The Hall–Kier alpha value is -3.65. The Morgan fingerprint density at radius 1 is 0.933 bits per heavy atom. The monoisotopic (exact) mass is 419 g/mol. The lowest BCUT2D eigenvalue weighted by Crippen LogP contribution is -2.34. The average molecular weight is 419 g/mol. The number of para-hydroxylation sites is 2. The molecule has 30 heavy (non-hydrogen) atoms. The Morgan fingerprint density at radius 3 is 2.17 bits per heavy atom. The van der Waals surface area contributed by atoms with Crippen molar-refractivity contribution in [3.05, 3.63) is 89.2 Å². The van der Waals surface area contributed by atoms with Crippen molar-refractivity contribution in [3.63, 3.8) is 0 Å². The van der Waals surface area contributed by atoms with E-state index in [0.29, 0.717) is 5.56 Å². The van der Waals surface area contributed by atoms with Gasteiger partial charge in [-0.15, -0.1) is 5.10 Å². The second-order valence-electron chi connectivity index (χ2n) is 6.60. The van der Waals surface area contributed by atoms with Crippen LogP contribution in [0.25, 0.3) is 11.5 Å². The molecule has 0 aliphatic carbocycles. The summed E-state index contributed by atoms with van der Waals surface area (Å²) >= 11 is 1.59. The molecule has 1 amide bonds. The zero-order valence-electron chi connectivity index (χ0n) is 15.5. The maximum atomic E-state index is 13.3. The van der Waals surface area contributed by atoms with Gasteiger partial charge in [-0.2, -0.15) is 4.68 Å². The van der Waals surface area contributed by atoms with E-state index >= 15 is 0 Å². The molecule has 1 aromatic heterocycles. The molecule has 0 atom stereocenters. The van der Waals surface area contributed by atoms with Crippen LogP contribution in [0.4, 0.5) is 15.8 Å². The Bertz CT molecular complexity index is 1270. The molecule has 0 spiro atoms. The molecule has 0 unspecified atom stereocenters. The van der Waals surface area contributed by atoms with Gasteiger partial charge in [-0.3, -0.25) is 9.69 Å². The molecule has 0 radical (unpaired) electrons. The maximum Gasteiger partial charge on any atom is 0.437 e. The maximum absolute atomic E-state index is 13.3. The molecule has 6 nitrogen and oxygen atoms in total. The summed E-state index contributed by atoms with van der Waals surface area (Å²) < 4.78 is 19.3. The Kier molecular flexibility index (Phi) is 4.48. The number of fused-ring (bicyclic) bond motifs is 2. The second-order valence-corrected chi connectivity index (χ2v) is 7.69. The molecular weight excluding hydrogens is 405 g/mol. The highest BCUT2D eigenvalue weighted by Crippen LogP contribution is 2.47. The molecule has 2 heterocycles. The summed E-state index contributed by atoms with van der Waals surface area (Å²) in [6.45, 7) is -0.295. The van der Waals surface area contributed by atoms with Crippen LogP contribution in [-0.4, -0.2) is 15.7 Å². The standard InChI is InChI=1S/C22H14FN3O3S/c23-15-11-9-14(10-12-15)21-24-25(22(28)29-21)13-20(27)26-16-5-1-3-7-18(16)30-19-8-4-2-6-17(19)26/h1-12H,13H2. The molecule has 0 saturated carbocycles. The van der Waals surface area contributed by atoms with Crippen molar-refractivity contribution in [1.82, 2.24) is 9.78 Å². The van der Waals surface area contributed by atoms with Crippen LogP contribution in [0.1, 0.15) is 0 Å². The largest absolute Gasteiger partial charge is 0.437 e. The van der Waals surface area contributed by atoms with Crippen LogP contribution in [0.15, 0.2) is 91.8 Å². The highest BCUT2D eigenvalue weighted by atomic mass is 32.2. The van der Waals surface area contributed by atoms with Crippen molar-refractivity contribution in [1.29, 1.82) is 0 Å². The molecule has 0 bridgehead atoms. The summed E-state index contributed by atoms with van der Waals surface area (Å²) in [7, 11) is 0. The number of anilines is 2. The van der Waals surface area contributed by atoms with Gasteiger partial charge < -0.3 is 4.42 Å². The van der Waals surface area contributed by atoms with E-state index in [1.54, 1.807) is 16.7 Å². The third-order valence-corrected chi connectivity index (χ3v) is 5.79. The van der Waals surface area contributed by atoms with Gasteiger partial charge in [0.25, 0.3) is 5.91 Å². The molecule has 0 fully saturated rings. The summed E-state index contributed by atoms with van der Waals surface area (Å²) in [6.07, 6.45) is 0. The van der Waals surface area contributed by atoms with E-state index in [1.807, 2.05) is 48.5 Å². The number of carbonyl (C=O) groups excluding carboxylic acids is 1. The summed E-state index contributed by atoms with van der Waals surface area (Å²) in [4.78, 5) is 29.0. The van der Waals surface area contributed by atoms with Crippen LogP contribution in [0.5, 0.6) is 0 Å². The van der Waals surface area contributed by atoms with Crippen molar-refractivity contribution in [2.45, 2.75) is 16.3 Å². The molecule has 4 aromatic rings. The fourth-order valence-electron chi connectivity index (χ4n) is 3.29. The van der Waals surface area contributed by atoms with Crippen LogP contribution >= 0.6 is 11.8 Å². The lowest BCUT2D eigenvalue weighted by Gasteiger charge is -2.30. The van der Waals surface area contributed by atoms with Crippen molar-refractivity contribution in [2.24, 2.45) is 0 Å². The number of hydrogen-bond acceptors (Lipinski definition) is 5. The van der Waals surface area contributed by atoms with Crippen LogP contribution in [0.3, 0.4) is 0 Å². The van der Waals surface area contributed by atoms with Gasteiger partial charge >= 0.3 is 5.76 Å². The van der Waals surface area contributed by atoms with E-state index in [4.69, 9.17) is 4.42 Å². The third-order valence-electron chi connectivity index (χ3n) is 4.66. The first-order valence-electron chi connectivity index (χ1n) is 9.13. The lowest BCUT2D eigenvalue weighted by atomic mass is 10.2. The van der Waals surface area contributed by atoms with E-state index in [9.17, 15) is 14.0 Å². The van der Waals surface area contributed by atoms with Gasteiger partial charge in [0.2, 0.25) is 5.89 Å². The number of aromatic nitrogens is 2. The molecule has 1 aliphatic rings. The first-order chi connectivity index (χ1) is 14.6. The summed E-state index contributed by atoms with van der Waals surface area (Å²) in [5, 5.41) is 4.12. The van der Waals surface area contributed by atoms with Crippen LogP contribution in [-0.2, 0) is 11.3 Å². The normalized spacial score (nSPS) is 12.4. The quantitative estimate of drug-likeness (QED) is 0.490. The number of benzene rings is 3. The van der Waals surface area contributed by atoms with Crippen LogP contribution in [0.2, 0.25) is 0 Å². The minimum atomic E-state index is -0.754. The Labute approximate surface area is 174 Å². The fourth-order valence-corrected chi connectivity index (χ4v) is 4.35. The van der Waals surface area contributed by atoms with Crippen molar-refractivity contribution in [3.8, 4) is 11.5 Å². The van der Waals surface area contributed by atoms with E-state index in [0.717, 1.165) is 25.8 Å². The molecule has 0 saturated heterocycles. The summed E-state index contributed by atoms with van der Waals surface area (Å²) in [6, 6.07) is 20.6. The summed E-state index contributed by atoms with van der Waals surface area (Å²) in [5.41, 5.74) is 1.95. The highest BCUT2D eigenvalue weighted by molar-refractivity contribution is 7.99. The zero-order valence-corrected chi connectivity index (χ0v) is 16.3. The molecule has 3 aromatic carbocycles. The van der Waals surface area contributed by atoms with E-state index in [2.05, 4.69) is 5.10 Å². The summed E-state index contributed by atoms with van der Waals surface area (Å²) in [5.74, 6) is -1.45. The minimum absolute atomic E-state index is 0.0304. The number of carbonyl (C=O) groups is 1. The number of hydrogen-bond donors (Lipinski definition) is 0. The zero-order chi connectivity index (χ0) is 20.7. The van der Waals surface area contributed by atoms with Gasteiger partial charge in [0, 0.05) is 15.4 Å². The molecule has 148 valence electrons. The number of halogens is 1. The van der Waals surface area contributed by atoms with Crippen molar-refractivity contribution < 1.29 is 13.6 Å². The van der Waals surface area contributed by atoms with Gasteiger partial charge in [-0.05, 0) is 48.5 Å². The smallest absolute Gasteiger partial charge is 0.388 e. The van der Waals surface area contributed by atoms with Gasteiger partial charge in [-0.25, -0.2) is 9.18 Å². The van der Waals surface area contributed by atoms with Crippen molar-refractivity contribution in [2.75, 3.05) is 4.90 Å². The average Bonchev–Trinajstić information content (AvgIpc) is 3.12. The predicted octanol–water partition coefficient (Wildman–Crippen LogP) is 4.47. The third kappa shape index (κ3) is 3.21. The topological polar surface area (TPSA) is 68.3 Å². The SMILES string of the molecule is O=C(Cn1nc(-c2ccc(F)cc2)oc1=O)N1c2ccccc2Sc2ccccc21. The molecule has 0 N–H and O–H groups in total. The molecular formula is C22H14FN3O3S. The number of nitrogens with zero attached hydrogens (tertiary/aromatic N) is 3. The molecule has 5 rings (SSSR count). The molecule has 1 aliphatic heterocycles. The number of rotatable bonds is 3. The van der Waals surface area contributed by atoms with Crippen molar-refractivity contribution >= 4 is 29.0 Å². The minimum Gasteiger partial charge on any atom is -0.388 e. The first-order valence-corrected chi connectivity index (χ1v) is 9.94. The van der Waals surface area contributed by atoms with Gasteiger partial charge in [0.1, 0.15) is 12.4 Å². The Balaban J connectivity index is 1.50. The second kappa shape index (κ2) is 7.31. The Morgan fingerprint density at radius 2 is 1.53 bits per heavy atom. The van der Waals surface area contributed by atoms with E-state index in [1.165, 1.54) is 24.3 Å². The number of amides is 1. The molecule has 8 heteroatoms. The van der Waals surface area contributed by atoms with Gasteiger partial charge in [-0.1, -0.05) is 36.0 Å². The van der Waals surface area contributed by atoms with Gasteiger partial charge in [0.15, 0.2) is 0 Å². The fraction of sp³-hybridized carbons (Fsp3) is 0.0455. The highest BCUT2D eigenvalue weighted by Gasteiger charge is 2.28.